The molecule has 1 aromatic carbocycles. The maximum atomic E-state index is 9.18. The van der Waals surface area contributed by atoms with Crippen molar-refractivity contribution < 1.29 is 14.3 Å². The highest BCUT2D eigenvalue weighted by molar-refractivity contribution is 6.42. The Balaban J connectivity index is 2.40. The summed E-state index contributed by atoms with van der Waals surface area (Å²) in [5, 5.41) is 10.1. The highest BCUT2D eigenvalue weighted by atomic mass is 35.5. The van der Waals surface area contributed by atoms with Crippen molar-refractivity contribution in [1.82, 2.24) is 4.98 Å². The summed E-state index contributed by atoms with van der Waals surface area (Å²) in [6, 6.07) is 5.07. The fourth-order valence-corrected chi connectivity index (χ4v) is 1.80. The molecule has 0 radical (unpaired) electrons. The molecule has 2 rings (SSSR count). The van der Waals surface area contributed by atoms with E-state index in [4.69, 9.17) is 32.4 Å². The molecule has 1 heterocycles. The van der Waals surface area contributed by atoms with Gasteiger partial charge in [-0.25, -0.2) is 4.98 Å². The van der Waals surface area contributed by atoms with Crippen LogP contribution in [0.4, 0.5) is 0 Å². The Morgan fingerprint density at radius 3 is 2.72 bits per heavy atom. The van der Waals surface area contributed by atoms with Gasteiger partial charge >= 0.3 is 0 Å². The van der Waals surface area contributed by atoms with Crippen molar-refractivity contribution >= 4 is 23.2 Å². The van der Waals surface area contributed by atoms with Crippen molar-refractivity contribution in [2.45, 2.75) is 13.2 Å². The first-order valence-corrected chi connectivity index (χ1v) is 5.95. The summed E-state index contributed by atoms with van der Waals surface area (Å²) in [5.41, 5.74) is 1.15. The minimum Gasteiger partial charge on any atom is -0.438 e. The third-order valence-electron chi connectivity index (χ3n) is 2.37. The molecule has 96 valence electrons. The molecular weight excluding hydrogens is 277 g/mol. The second kappa shape index (κ2) is 5.71. The van der Waals surface area contributed by atoms with Crippen molar-refractivity contribution in [2.75, 3.05) is 7.11 Å². The summed E-state index contributed by atoms with van der Waals surface area (Å²) in [5.74, 6) is 0.880. The van der Waals surface area contributed by atoms with Crippen LogP contribution in [0.25, 0.3) is 11.5 Å². The van der Waals surface area contributed by atoms with Gasteiger partial charge < -0.3 is 14.3 Å². The third-order valence-corrected chi connectivity index (χ3v) is 3.11. The number of aromatic nitrogens is 1. The van der Waals surface area contributed by atoms with Crippen LogP contribution in [0.3, 0.4) is 0 Å². The zero-order chi connectivity index (χ0) is 13.1. The smallest absolute Gasteiger partial charge is 0.226 e. The number of aliphatic hydroxyl groups is 1. The van der Waals surface area contributed by atoms with Gasteiger partial charge in [0.25, 0.3) is 0 Å². The normalized spacial score (nSPS) is 10.9. The van der Waals surface area contributed by atoms with Crippen molar-refractivity contribution in [1.29, 1.82) is 0 Å². The van der Waals surface area contributed by atoms with Crippen LogP contribution in [0.15, 0.2) is 22.6 Å². The Morgan fingerprint density at radius 1 is 1.33 bits per heavy atom. The second-order valence-electron chi connectivity index (χ2n) is 3.61. The highest BCUT2D eigenvalue weighted by Gasteiger charge is 2.14. The molecule has 4 nitrogen and oxygen atoms in total. The second-order valence-corrected chi connectivity index (χ2v) is 4.42. The molecule has 0 saturated carbocycles. The molecule has 0 aliphatic rings. The molecule has 6 heteroatoms. The van der Waals surface area contributed by atoms with E-state index in [2.05, 4.69) is 4.98 Å². The number of aliphatic hydroxyl groups excluding tert-OH is 1. The van der Waals surface area contributed by atoms with E-state index in [1.807, 2.05) is 0 Å². The van der Waals surface area contributed by atoms with E-state index in [0.717, 1.165) is 0 Å². The molecule has 0 bridgehead atoms. The molecule has 0 unspecified atom stereocenters. The molecule has 0 amide bonds. The van der Waals surface area contributed by atoms with Crippen LogP contribution in [0.1, 0.15) is 11.5 Å². The molecule has 0 atom stereocenters. The van der Waals surface area contributed by atoms with E-state index in [9.17, 15) is 5.11 Å². The van der Waals surface area contributed by atoms with E-state index in [0.29, 0.717) is 33.0 Å². The predicted molar refractivity (Wildman–Crippen MR) is 68.6 cm³/mol. The average Bonchev–Trinajstić information content (AvgIpc) is 2.76. The number of hydrogen-bond donors (Lipinski definition) is 1. The first kappa shape index (κ1) is 13.4. The van der Waals surface area contributed by atoms with Gasteiger partial charge in [0.15, 0.2) is 5.76 Å². The molecule has 0 fully saturated rings. The zero-order valence-corrected chi connectivity index (χ0v) is 11.1. The Hall–Kier alpha value is -1.07. The van der Waals surface area contributed by atoms with E-state index in [1.165, 1.54) is 0 Å². The van der Waals surface area contributed by atoms with Gasteiger partial charge in [-0.15, -0.1) is 0 Å². The first-order valence-electron chi connectivity index (χ1n) is 5.19. The lowest BCUT2D eigenvalue weighted by Gasteiger charge is -1.98. The van der Waals surface area contributed by atoms with E-state index in [-0.39, 0.29) is 13.2 Å². The summed E-state index contributed by atoms with van der Waals surface area (Å²) in [6.07, 6.45) is 0. The topological polar surface area (TPSA) is 55.5 Å². The number of rotatable bonds is 4. The van der Waals surface area contributed by atoms with Gasteiger partial charge in [-0.2, -0.15) is 0 Å². The SMILES string of the molecule is COCc1oc(-c2ccc(Cl)c(Cl)c2)nc1CO. The van der Waals surface area contributed by atoms with E-state index < -0.39 is 0 Å². The minimum atomic E-state index is -0.205. The first-order chi connectivity index (χ1) is 8.65. The zero-order valence-electron chi connectivity index (χ0n) is 9.61. The van der Waals surface area contributed by atoms with Gasteiger partial charge in [0.2, 0.25) is 5.89 Å². The summed E-state index contributed by atoms with van der Waals surface area (Å²) in [6.45, 7) is 0.0493. The summed E-state index contributed by atoms with van der Waals surface area (Å²) >= 11 is 11.8. The van der Waals surface area contributed by atoms with Crippen LogP contribution in [0.2, 0.25) is 10.0 Å². The fraction of sp³-hybridized carbons (Fsp3) is 0.250. The molecule has 1 N–H and O–H groups in total. The Morgan fingerprint density at radius 2 is 2.11 bits per heavy atom. The quantitative estimate of drug-likeness (QED) is 0.938. The van der Waals surface area contributed by atoms with Gasteiger partial charge in [0, 0.05) is 12.7 Å². The van der Waals surface area contributed by atoms with Gasteiger partial charge in [0.05, 0.1) is 16.7 Å². The number of benzene rings is 1. The molecule has 2 aromatic rings. The summed E-state index contributed by atoms with van der Waals surface area (Å²) in [4.78, 5) is 4.19. The van der Waals surface area contributed by atoms with Crippen LogP contribution >= 0.6 is 23.2 Å². The number of methoxy groups -OCH3 is 1. The standard InChI is InChI=1S/C12H11Cl2NO3/c1-17-6-11-10(5-16)15-12(18-11)7-2-3-8(13)9(14)4-7/h2-4,16H,5-6H2,1H3. The monoisotopic (exact) mass is 287 g/mol. The largest absolute Gasteiger partial charge is 0.438 e. The molecule has 0 aliphatic heterocycles. The number of ether oxygens (including phenoxy) is 1. The van der Waals surface area contributed by atoms with Gasteiger partial charge in [-0.3, -0.25) is 0 Å². The number of hydrogen-bond acceptors (Lipinski definition) is 4. The molecule has 0 saturated heterocycles. The average molecular weight is 288 g/mol. The van der Waals surface area contributed by atoms with Crippen LogP contribution < -0.4 is 0 Å². The van der Waals surface area contributed by atoms with E-state index >= 15 is 0 Å². The number of halogens is 2. The fourth-order valence-electron chi connectivity index (χ4n) is 1.50. The molecular formula is C12H11Cl2NO3. The van der Waals surface area contributed by atoms with Gasteiger partial charge in [-0.1, -0.05) is 23.2 Å². The summed E-state index contributed by atoms with van der Waals surface area (Å²) < 4.78 is 10.5. The molecule has 18 heavy (non-hydrogen) atoms. The lowest BCUT2D eigenvalue weighted by atomic mass is 10.2. The number of oxazole rings is 1. The van der Waals surface area contributed by atoms with Crippen LogP contribution in [-0.4, -0.2) is 17.2 Å². The van der Waals surface area contributed by atoms with Crippen molar-refractivity contribution in [3.8, 4) is 11.5 Å². The number of nitrogens with zero attached hydrogens (tertiary/aromatic N) is 1. The highest BCUT2D eigenvalue weighted by Crippen LogP contribution is 2.29. The van der Waals surface area contributed by atoms with Gasteiger partial charge in [-0.05, 0) is 18.2 Å². The van der Waals surface area contributed by atoms with Crippen molar-refractivity contribution in [3.05, 3.63) is 39.7 Å². The summed E-state index contributed by atoms with van der Waals surface area (Å²) in [7, 11) is 1.54. The molecule has 1 aromatic heterocycles. The van der Waals surface area contributed by atoms with Crippen molar-refractivity contribution in [3.63, 3.8) is 0 Å². The molecule has 0 aliphatic carbocycles. The molecule has 0 spiro atoms. The lowest BCUT2D eigenvalue weighted by Crippen LogP contribution is -1.92. The minimum absolute atomic E-state index is 0.205. The predicted octanol–water partition coefficient (Wildman–Crippen LogP) is 3.29. The van der Waals surface area contributed by atoms with Gasteiger partial charge in [0.1, 0.15) is 12.3 Å². The van der Waals surface area contributed by atoms with Crippen LogP contribution in [-0.2, 0) is 18.0 Å². The Labute approximate surface area is 114 Å². The van der Waals surface area contributed by atoms with Crippen LogP contribution in [0, 0.1) is 0 Å². The lowest BCUT2D eigenvalue weighted by molar-refractivity contribution is 0.161. The van der Waals surface area contributed by atoms with E-state index in [1.54, 1.807) is 25.3 Å². The van der Waals surface area contributed by atoms with Crippen LogP contribution in [0.5, 0.6) is 0 Å². The third kappa shape index (κ3) is 2.67. The Kier molecular flexibility index (Phi) is 4.24. The Bertz CT molecular complexity index is 554. The maximum absolute atomic E-state index is 9.18. The van der Waals surface area contributed by atoms with Crippen molar-refractivity contribution in [2.24, 2.45) is 0 Å². The maximum Gasteiger partial charge on any atom is 0.226 e.